The van der Waals surface area contributed by atoms with Crippen LogP contribution in [-0.2, 0) is 28.6 Å². The summed E-state index contributed by atoms with van der Waals surface area (Å²) < 4.78 is 17.3. The molecule has 0 aliphatic heterocycles. The van der Waals surface area contributed by atoms with Gasteiger partial charge in [-0.05, 0) is 83.5 Å². The van der Waals surface area contributed by atoms with Crippen LogP contribution in [0.3, 0.4) is 0 Å². The van der Waals surface area contributed by atoms with E-state index in [-0.39, 0.29) is 42.7 Å². The third-order valence-corrected chi connectivity index (χ3v) is 10.8. The van der Waals surface area contributed by atoms with Gasteiger partial charge in [-0.25, -0.2) is 4.79 Å². The van der Waals surface area contributed by atoms with Gasteiger partial charge in [0.05, 0.1) is 34.4 Å². The molecule has 0 rings (SSSR count). The molecular weight excluding hydrogens is 787 g/mol. The molecule has 0 amide bonds. The molecule has 8 heteroatoms. The smallest absolute Gasteiger partial charge is 0.362 e. The lowest BCUT2D eigenvalue weighted by Crippen LogP contribution is -2.50. The minimum atomic E-state index is -0.885. The van der Waals surface area contributed by atoms with Crippen molar-refractivity contribution in [3.63, 3.8) is 0 Å². The fourth-order valence-electron chi connectivity index (χ4n) is 6.92. The summed E-state index contributed by atoms with van der Waals surface area (Å²) >= 11 is 0. The van der Waals surface area contributed by atoms with E-state index in [9.17, 15) is 19.5 Å². The third kappa shape index (κ3) is 43.5. The number of carboxylic acid groups (broad SMARTS) is 1. The highest BCUT2D eigenvalue weighted by Crippen LogP contribution is 2.14. The highest BCUT2D eigenvalue weighted by Gasteiger charge is 2.31. The molecule has 1 N–H and O–H groups in total. The summed E-state index contributed by atoms with van der Waals surface area (Å²) in [5.74, 6) is -1.55. The second-order valence-electron chi connectivity index (χ2n) is 17.7. The van der Waals surface area contributed by atoms with Crippen molar-refractivity contribution in [3.8, 4) is 0 Å². The van der Waals surface area contributed by atoms with Crippen LogP contribution in [0.5, 0.6) is 0 Å². The van der Waals surface area contributed by atoms with E-state index in [4.69, 9.17) is 14.2 Å². The van der Waals surface area contributed by atoms with Crippen LogP contribution in [-0.4, -0.2) is 80.6 Å². The lowest BCUT2D eigenvalue weighted by Gasteiger charge is -2.31. The Kier molecular flexibility index (Phi) is 42.6. The third-order valence-electron chi connectivity index (χ3n) is 10.8. The topological polar surface area (TPSA) is 99.1 Å². The van der Waals surface area contributed by atoms with E-state index in [0.29, 0.717) is 19.3 Å². The Morgan fingerprint density at radius 3 is 1.38 bits per heavy atom. The summed E-state index contributed by atoms with van der Waals surface area (Å²) in [7, 11) is 5.51. The maximum absolute atomic E-state index is 12.8. The monoisotopic (exact) mass is 881 g/mol. The van der Waals surface area contributed by atoms with Crippen molar-refractivity contribution >= 4 is 17.9 Å². The van der Waals surface area contributed by atoms with Gasteiger partial charge in [-0.2, -0.15) is 0 Å². The van der Waals surface area contributed by atoms with Crippen molar-refractivity contribution in [2.75, 3.05) is 41.0 Å². The van der Waals surface area contributed by atoms with Crippen LogP contribution in [0.2, 0.25) is 0 Å². The number of quaternary nitrogens is 1. The second-order valence-corrected chi connectivity index (χ2v) is 17.7. The summed E-state index contributed by atoms with van der Waals surface area (Å²) in [5.41, 5.74) is 0. The van der Waals surface area contributed by atoms with Crippen LogP contribution in [0.25, 0.3) is 0 Å². The number of esters is 2. The number of unbranched alkanes of at least 4 members (excludes halogenated alkanes) is 16. The highest BCUT2D eigenvalue weighted by molar-refractivity contribution is 5.72. The minimum Gasteiger partial charge on any atom is -0.477 e. The number of carbonyl (C=O) groups excluding carboxylic acids is 2. The number of allylic oxidation sites excluding steroid dienone is 14. The van der Waals surface area contributed by atoms with E-state index in [1.54, 1.807) is 0 Å². The lowest BCUT2D eigenvalue weighted by molar-refractivity contribution is -0.887. The summed E-state index contributed by atoms with van der Waals surface area (Å²) in [6, 6.07) is -0.629. The zero-order valence-corrected chi connectivity index (χ0v) is 41.0. The van der Waals surface area contributed by atoms with E-state index in [0.717, 1.165) is 64.2 Å². The standard InChI is InChI=1S/C55H93NO7/c1-6-8-10-12-14-16-18-20-22-24-26-28-29-31-33-35-37-39-41-43-45-53(57)62-50-51(49-61-48-47-52(55(59)60)56(3,4)5)63-54(58)46-44-42-40-38-36-34-32-30-27-25-23-21-19-17-15-13-11-9-7-2/h8,10,14,16,20,22,25-28,31,33,37,39,51-52H,6-7,9,11-13,15,17-19,21,23-24,29-30,32,34-36,38,40-50H2,1-5H3/p+1/b10-8+,16-14+,22-20+,27-25+,28-26+,33-31+,39-37+. The molecule has 360 valence electrons. The van der Waals surface area contributed by atoms with Gasteiger partial charge in [-0.1, -0.05) is 176 Å². The molecule has 0 aliphatic rings. The molecule has 8 nitrogen and oxygen atoms in total. The SMILES string of the molecule is CC/C=C/C/C=C/C/C=C/C/C=C/C/C=C/C/C=C/CCCC(=O)OCC(COCCC(C(=O)O)[N+](C)(C)C)OC(=O)CCCCCCCCC/C=C/CCCCCCCCCC. The first-order valence-corrected chi connectivity index (χ1v) is 25.1. The zero-order chi connectivity index (χ0) is 46.3. The van der Waals surface area contributed by atoms with Crippen molar-refractivity contribution in [1.29, 1.82) is 0 Å². The van der Waals surface area contributed by atoms with Crippen molar-refractivity contribution in [3.05, 3.63) is 85.1 Å². The Hall–Kier alpha value is -3.49. The van der Waals surface area contributed by atoms with Crippen molar-refractivity contribution in [2.45, 2.75) is 206 Å². The minimum absolute atomic E-state index is 0.0371. The quantitative estimate of drug-likeness (QED) is 0.0282. The molecule has 0 saturated carbocycles. The molecule has 2 unspecified atom stereocenters. The van der Waals surface area contributed by atoms with Crippen LogP contribution in [0, 0.1) is 0 Å². The molecular formula is C55H94NO7+. The molecule has 0 aromatic heterocycles. The number of hydrogen-bond acceptors (Lipinski definition) is 6. The van der Waals surface area contributed by atoms with Crippen LogP contribution < -0.4 is 0 Å². The Bertz CT molecular complexity index is 1300. The number of carbonyl (C=O) groups is 3. The van der Waals surface area contributed by atoms with Gasteiger partial charge >= 0.3 is 17.9 Å². The van der Waals surface area contributed by atoms with Gasteiger partial charge in [-0.3, -0.25) is 9.59 Å². The molecule has 2 atom stereocenters. The van der Waals surface area contributed by atoms with Crippen LogP contribution in [0.4, 0.5) is 0 Å². The number of carboxylic acids is 1. The maximum Gasteiger partial charge on any atom is 0.362 e. The molecule has 0 radical (unpaired) electrons. The van der Waals surface area contributed by atoms with Gasteiger partial charge in [0, 0.05) is 19.3 Å². The molecule has 63 heavy (non-hydrogen) atoms. The number of likely N-dealkylation sites (N-methyl/N-ethyl adjacent to an activating group) is 1. The molecule has 0 aliphatic carbocycles. The van der Waals surface area contributed by atoms with E-state index >= 15 is 0 Å². The fraction of sp³-hybridized carbons (Fsp3) is 0.691. The number of hydrogen-bond donors (Lipinski definition) is 1. The Morgan fingerprint density at radius 2 is 0.905 bits per heavy atom. The molecule has 0 saturated heterocycles. The average molecular weight is 881 g/mol. The predicted molar refractivity (Wildman–Crippen MR) is 266 cm³/mol. The Labute approximate surface area is 386 Å². The van der Waals surface area contributed by atoms with Gasteiger partial charge in [0.15, 0.2) is 12.1 Å². The summed E-state index contributed by atoms with van der Waals surface area (Å²) in [6.45, 7) is 4.56. The lowest BCUT2D eigenvalue weighted by atomic mass is 10.1. The van der Waals surface area contributed by atoms with Crippen molar-refractivity contribution in [2.24, 2.45) is 0 Å². The summed E-state index contributed by atoms with van der Waals surface area (Å²) in [5, 5.41) is 9.65. The second kappa shape index (κ2) is 45.1. The van der Waals surface area contributed by atoms with Crippen LogP contribution in [0.1, 0.15) is 194 Å². The Morgan fingerprint density at radius 1 is 0.492 bits per heavy atom. The summed E-state index contributed by atoms with van der Waals surface area (Å²) in [4.78, 5) is 37.1. The Balaban J connectivity index is 4.38. The summed E-state index contributed by atoms with van der Waals surface area (Å²) in [6.07, 6.45) is 59.2. The number of rotatable bonds is 44. The number of nitrogens with zero attached hydrogens (tertiary/aromatic N) is 1. The van der Waals surface area contributed by atoms with Crippen molar-refractivity contribution < 1.29 is 38.2 Å². The first-order chi connectivity index (χ1) is 30.6. The molecule has 0 aromatic carbocycles. The fourth-order valence-corrected chi connectivity index (χ4v) is 6.92. The molecule has 0 heterocycles. The normalized spacial score (nSPS) is 13.6. The zero-order valence-electron chi connectivity index (χ0n) is 41.0. The van der Waals surface area contributed by atoms with Crippen molar-refractivity contribution in [1.82, 2.24) is 0 Å². The molecule has 0 bridgehead atoms. The van der Waals surface area contributed by atoms with Gasteiger partial charge in [-0.15, -0.1) is 0 Å². The van der Waals surface area contributed by atoms with Crippen LogP contribution >= 0.6 is 0 Å². The van der Waals surface area contributed by atoms with E-state index in [1.165, 1.54) is 89.9 Å². The van der Waals surface area contributed by atoms with Gasteiger partial charge in [0.25, 0.3) is 0 Å². The first-order valence-electron chi connectivity index (χ1n) is 25.1. The van der Waals surface area contributed by atoms with Crippen LogP contribution in [0.15, 0.2) is 85.1 Å². The van der Waals surface area contributed by atoms with Gasteiger partial charge in [0.2, 0.25) is 0 Å². The maximum atomic E-state index is 12.8. The predicted octanol–water partition coefficient (Wildman–Crippen LogP) is 14.5. The highest BCUT2D eigenvalue weighted by atomic mass is 16.6. The average Bonchev–Trinajstić information content (AvgIpc) is 3.24. The molecule has 0 spiro atoms. The van der Waals surface area contributed by atoms with E-state index < -0.39 is 18.1 Å². The first kappa shape index (κ1) is 59.5. The molecule has 0 fully saturated rings. The van der Waals surface area contributed by atoms with E-state index in [2.05, 4.69) is 98.9 Å². The van der Waals surface area contributed by atoms with E-state index in [1.807, 2.05) is 21.1 Å². The largest absolute Gasteiger partial charge is 0.477 e. The molecule has 0 aromatic rings. The number of ether oxygens (including phenoxy) is 3. The number of aliphatic carboxylic acids is 1. The van der Waals surface area contributed by atoms with Gasteiger partial charge < -0.3 is 23.8 Å². The van der Waals surface area contributed by atoms with Gasteiger partial charge in [0.1, 0.15) is 6.61 Å².